The van der Waals surface area contributed by atoms with E-state index in [0.717, 1.165) is 22.4 Å². The van der Waals surface area contributed by atoms with E-state index < -0.39 is 0 Å². The second-order valence-electron chi connectivity index (χ2n) is 6.28. The number of benzene rings is 1. The lowest BCUT2D eigenvalue weighted by Crippen LogP contribution is -2.25. The Morgan fingerprint density at radius 3 is 2.96 bits per heavy atom. The van der Waals surface area contributed by atoms with Crippen molar-refractivity contribution in [2.24, 2.45) is 0 Å². The van der Waals surface area contributed by atoms with E-state index in [4.69, 9.17) is 4.52 Å². The summed E-state index contributed by atoms with van der Waals surface area (Å²) in [7, 11) is 0. The largest absolute Gasteiger partial charge is 0.359 e. The van der Waals surface area contributed by atoms with E-state index in [2.05, 4.69) is 20.4 Å². The molecule has 0 bridgehead atoms. The van der Waals surface area contributed by atoms with Gasteiger partial charge >= 0.3 is 0 Å². The number of fused-ring (bicyclic) bond motifs is 1. The van der Waals surface area contributed by atoms with Crippen LogP contribution in [0, 0.1) is 6.92 Å². The fourth-order valence-corrected chi connectivity index (χ4v) is 3.00. The highest BCUT2D eigenvalue weighted by molar-refractivity contribution is 5.92. The number of imidazole rings is 1. The van der Waals surface area contributed by atoms with Gasteiger partial charge in [0.05, 0.1) is 17.6 Å². The number of aryl methyl sites for hydroxylation is 1. The molecule has 0 atom stereocenters. The third-order valence-electron chi connectivity index (χ3n) is 4.37. The van der Waals surface area contributed by atoms with Crippen LogP contribution in [0.3, 0.4) is 0 Å². The Morgan fingerprint density at radius 1 is 1.22 bits per heavy atom. The summed E-state index contributed by atoms with van der Waals surface area (Å²) in [6, 6.07) is 13.4. The molecule has 7 nitrogen and oxygen atoms in total. The monoisotopic (exact) mass is 361 g/mol. The Kier molecular flexibility index (Phi) is 4.65. The van der Waals surface area contributed by atoms with E-state index >= 15 is 0 Å². The van der Waals surface area contributed by atoms with E-state index in [0.29, 0.717) is 25.3 Å². The summed E-state index contributed by atoms with van der Waals surface area (Å²) in [6.45, 7) is 2.93. The van der Waals surface area contributed by atoms with Gasteiger partial charge in [-0.25, -0.2) is 4.98 Å². The minimum atomic E-state index is -0.249. The zero-order valence-electron chi connectivity index (χ0n) is 14.9. The van der Waals surface area contributed by atoms with Crippen LogP contribution in [-0.2, 0) is 13.0 Å². The maximum Gasteiger partial charge on any atom is 0.273 e. The van der Waals surface area contributed by atoms with E-state index in [9.17, 15) is 4.79 Å². The van der Waals surface area contributed by atoms with Crippen molar-refractivity contribution in [1.82, 2.24) is 25.0 Å². The summed E-state index contributed by atoms with van der Waals surface area (Å²) in [5.74, 6) is 1.25. The highest BCUT2D eigenvalue weighted by Gasteiger charge is 2.14. The van der Waals surface area contributed by atoms with Gasteiger partial charge in [0.1, 0.15) is 5.82 Å². The Hall–Kier alpha value is -3.48. The predicted molar refractivity (Wildman–Crippen MR) is 100 cm³/mol. The third kappa shape index (κ3) is 3.72. The number of carbonyl (C=O) groups excluding carboxylic acids is 1. The summed E-state index contributed by atoms with van der Waals surface area (Å²) >= 11 is 0. The van der Waals surface area contributed by atoms with Crippen LogP contribution >= 0.6 is 0 Å². The first-order chi connectivity index (χ1) is 13.2. The third-order valence-corrected chi connectivity index (χ3v) is 4.37. The first kappa shape index (κ1) is 17.0. The molecule has 0 aliphatic rings. The zero-order chi connectivity index (χ0) is 18.6. The van der Waals surface area contributed by atoms with Gasteiger partial charge in [-0.05, 0) is 37.1 Å². The quantitative estimate of drug-likeness (QED) is 0.571. The van der Waals surface area contributed by atoms with E-state index in [1.54, 1.807) is 18.5 Å². The van der Waals surface area contributed by atoms with Gasteiger partial charge in [0, 0.05) is 25.0 Å². The van der Waals surface area contributed by atoms with Crippen LogP contribution < -0.4 is 5.32 Å². The maximum absolute atomic E-state index is 12.3. The fraction of sp³-hybridized carbons (Fsp3) is 0.200. The Morgan fingerprint density at radius 2 is 2.11 bits per heavy atom. The van der Waals surface area contributed by atoms with Gasteiger partial charge in [-0.15, -0.1) is 0 Å². The molecule has 0 fully saturated rings. The molecule has 4 aromatic rings. The van der Waals surface area contributed by atoms with E-state index in [1.165, 1.54) is 0 Å². The molecular formula is C20H19N5O2. The van der Waals surface area contributed by atoms with Crippen molar-refractivity contribution in [2.45, 2.75) is 19.9 Å². The van der Waals surface area contributed by atoms with Gasteiger partial charge in [-0.1, -0.05) is 23.4 Å². The first-order valence-electron chi connectivity index (χ1n) is 8.75. The highest BCUT2D eigenvalue weighted by atomic mass is 16.5. The molecule has 0 aliphatic heterocycles. The molecule has 27 heavy (non-hydrogen) atoms. The van der Waals surface area contributed by atoms with Gasteiger partial charge in [0.15, 0.2) is 11.5 Å². The van der Waals surface area contributed by atoms with Gasteiger partial charge in [0.25, 0.3) is 5.91 Å². The lowest BCUT2D eigenvalue weighted by molar-refractivity contribution is 0.0945. The summed E-state index contributed by atoms with van der Waals surface area (Å²) < 4.78 is 7.40. The van der Waals surface area contributed by atoms with Crippen molar-refractivity contribution in [3.05, 3.63) is 77.7 Å². The average Bonchev–Trinajstić information content (AvgIpc) is 3.28. The Bertz CT molecular complexity index is 1070. The van der Waals surface area contributed by atoms with Crippen LogP contribution in [0.15, 0.2) is 59.4 Å². The zero-order valence-corrected chi connectivity index (χ0v) is 14.9. The van der Waals surface area contributed by atoms with Crippen LogP contribution in [0.25, 0.3) is 11.0 Å². The molecule has 1 amide bonds. The predicted octanol–water partition coefficient (Wildman–Crippen LogP) is 2.75. The molecule has 0 spiro atoms. The number of pyridine rings is 1. The van der Waals surface area contributed by atoms with E-state index in [1.807, 2.05) is 47.9 Å². The number of aromatic nitrogens is 4. The van der Waals surface area contributed by atoms with Crippen molar-refractivity contribution < 1.29 is 9.32 Å². The molecule has 0 radical (unpaired) electrons. The van der Waals surface area contributed by atoms with Gasteiger partial charge < -0.3 is 14.4 Å². The van der Waals surface area contributed by atoms with Gasteiger partial charge in [-0.2, -0.15) is 0 Å². The molecule has 0 saturated carbocycles. The van der Waals surface area contributed by atoms with Crippen LogP contribution in [-0.4, -0.2) is 32.1 Å². The minimum absolute atomic E-state index is 0.249. The second kappa shape index (κ2) is 7.41. The fourth-order valence-electron chi connectivity index (χ4n) is 3.00. The molecule has 0 aliphatic carbocycles. The normalized spacial score (nSPS) is 11.0. The number of hydrogen-bond donors (Lipinski definition) is 1. The summed E-state index contributed by atoms with van der Waals surface area (Å²) in [5.41, 5.74) is 3.30. The van der Waals surface area contributed by atoms with Crippen molar-refractivity contribution in [3.8, 4) is 0 Å². The highest BCUT2D eigenvalue weighted by Crippen LogP contribution is 2.17. The number of amides is 1. The number of para-hydroxylation sites is 2. The second-order valence-corrected chi connectivity index (χ2v) is 6.28. The maximum atomic E-state index is 12.3. The number of hydrogen-bond acceptors (Lipinski definition) is 5. The first-order valence-corrected chi connectivity index (χ1v) is 8.75. The van der Waals surface area contributed by atoms with Gasteiger partial charge in [-0.3, -0.25) is 9.78 Å². The van der Waals surface area contributed by atoms with E-state index in [-0.39, 0.29) is 11.6 Å². The molecule has 1 N–H and O–H groups in total. The molecule has 7 heteroatoms. The topological polar surface area (TPSA) is 85.8 Å². The van der Waals surface area contributed by atoms with Crippen molar-refractivity contribution in [2.75, 3.05) is 6.54 Å². The number of rotatable bonds is 6. The number of nitrogens with zero attached hydrogens (tertiary/aromatic N) is 4. The standard InChI is InChI=1S/C20H19N5O2/c1-14-23-17-6-2-3-7-19(17)25(14)13-16-11-18(24-27-16)20(26)22-10-8-15-5-4-9-21-12-15/h2-7,9,11-12H,8,10,13H2,1H3,(H,22,26). The molecule has 1 aromatic carbocycles. The molecule has 3 aromatic heterocycles. The average molecular weight is 361 g/mol. The summed E-state index contributed by atoms with van der Waals surface area (Å²) in [6.07, 6.45) is 4.23. The van der Waals surface area contributed by atoms with Crippen LogP contribution in [0.4, 0.5) is 0 Å². The molecule has 0 unspecified atom stereocenters. The molecule has 4 rings (SSSR count). The summed E-state index contributed by atoms with van der Waals surface area (Å²) in [5, 5.41) is 6.75. The minimum Gasteiger partial charge on any atom is -0.359 e. The van der Waals surface area contributed by atoms with Crippen LogP contribution in [0.2, 0.25) is 0 Å². The SMILES string of the molecule is Cc1nc2ccccc2n1Cc1cc(C(=O)NCCc2cccnc2)no1. The number of nitrogens with one attached hydrogen (secondary N) is 1. The molecule has 0 saturated heterocycles. The van der Waals surface area contributed by atoms with Crippen molar-refractivity contribution in [1.29, 1.82) is 0 Å². The van der Waals surface area contributed by atoms with Crippen LogP contribution in [0.1, 0.15) is 27.6 Å². The van der Waals surface area contributed by atoms with Crippen molar-refractivity contribution in [3.63, 3.8) is 0 Å². The molecule has 136 valence electrons. The Labute approximate surface area is 156 Å². The Balaban J connectivity index is 1.40. The summed E-state index contributed by atoms with van der Waals surface area (Å²) in [4.78, 5) is 20.9. The lowest BCUT2D eigenvalue weighted by atomic mass is 10.2. The lowest BCUT2D eigenvalue weighted by Gasteiger charge is -2.03. The molecule has 3 heterocycles. The number of carbonyl (C=O) groups is 1. The molecular weight excluding hydrogens is 342 g/mol. The smallest absolute Gasteiger partial charge is 0.273 e. The van der Waals surface area contributed by atoms with Gasteiger partial charge in [0.2, 0.25) is 0 Å². The van der Waals surface area contributed by atoms with Crippen LogP contribution in [0.5, 0.6) is 0 Å². The van der Waals surface area contributed by atoms with Crippen molar-refractivity contribution >= 4 is 16.9 Å².